The number of rotatable bonds is 7. The van der Waals surface area contributed by atoms with E-state index in [4.69, 9.17) is 10.4 Å². The molecule has 0 bridgehead atoms. The van der Waals surface area contributed by atoms with Crippen molar-refractivity contribution in [3.8, 4) is 11.5 Å². The highest BCUT2D eigenvalue weighted by atomic mass is 16.6. The van der Waals surface area contributed by atoms with E-state index in [1.54, 1.807) is 6.92 Å². The summed E-state index contributed by atoms with van der Waals surface area (Å²) in [6, 6.07) is 7.80. The second-order valence-corrected chi connectivity index (χ2v) is 8.53. The topological polar surface area (TPSA) is 184 Å². The van der Waals surface area contributed by atoms with Crippen molar-refractivity contribution in [1.82, 2.24) is 55.8 Å². The van der Waals surface area contributed by atoms with Crippen molar-refractivity contribution in [2.24, 2.45) is 5.10 Å². The summed E-state index contributed by atoms with van der Waals surface area (Å²) < 4.78 is 7.67. The Kier molecular flexibility index (Phi) is 6.44. The van der Waals surface area contributed by atoms with Crippen LogP contribution in [0.15, 0.2) is 40.3 Å². The summed E-state index contributed by atoms with van der Waals surface area (Å²) in [6.45, 7) is 5.28. The number of aromatic nitrogens is 9. The van der Waals surface area contributed by atoms with Crippen LogP contribution in [-0.2, 0) is 6.54 Å². The van der Waals surface area contributed by atoms with Gasteiger partial charge in [0, 0.05) is 12.6 Å². The fourth-order valence-corrected chi connectivity index (χ4v) is 4.12. The number of piperidine rings is 1. The number of anilines is 1. The molecule has 1 aromatic carbocycles. The fourth-order valence-electron chi connectivity index (χ4n) is 4.12. The smallest absolute Gasteiger partial charge is 0.293 e. The standard InChI is InChI=1S/C21H25N13O2/c1-13-6-3-4-9-32(13)11-17-18(25-30-34(17)20-19(22)27-36-28-20)21(35)26-24-14(2)15-7-5-8-16(10-15)33-12-23-29-31-33/h5,7-8,10,12-13H,3-4,6,9,11H2,1-2H3,(H2,22,27)(H,26,35). The number of benzene rings is 1. The van der Waals surface area contributed by atoms with Crippen LogP contribution in [0.25, 0.3) is 11.5 Å². The number of hydrazone groups is 1. The molecule has 0 spiro atoms. The van der Waals surface area contributed by atoms with Crippen LogP contribution in [0.2, 0.25) is 0 Å². The lowest BCUT2D eigenvalue weighted by molar-refractivity contribution is 0.0944. The minimum atomic E-state index is -0.507. The van der Waals surface area contributed by atoms with E-state index in [1.807, 2.05) is 24.3 Å². The number of likely N-dealkylation sites (tertiary alicyclic amines) is 1. The van der Waals surface area contributed by atoms with E-state index in [1.165, 1.54) is 22.1 Å². The Morgan fingerprint density at radius 2 is 2.17 bits per heavy atom. The predicted molar refractivity (Wildman–Crippen MR) is 126 cm³/mol. The van der Waals surface area contributed by atoms with Gasteiger partial charge in [-0.3, -0.25) is 9.69 Å². The van der Waals surface area contributed by atoms with Crippen molar-refractivity contribution >= 4 is 17.4 Å². The minimum absolute atomic E-state index is 0.0520. The number of hydrogen-bond donors (Lipinski definition) is 2. The van der Waals surface area contributed by atoms with Gasteiger partial charge in [0.2, 0.25) is 11.6 Å². The van der Waals surface area contributed by atoms with E-state index >= 15 is 0 Å². The van der Waals surface area contributed by atoms with Crippen LogP contribution in [0.5, 0.6) is 0 Å². The average molecular weight is 492 g/mol. The molecule has 3 aromatic heterocycles. The van der Waals surface area contributed by atoms with Crippen LogP contribution in [0, 0.1) is 0 Å². The van der Waals surface area contributed by atoms with Crippen LogP contribution in [0.4, 0.5) is 5.82 Å². The highest BCUT2D eigenvalue weighted by molar-refractivity contribution is 6.01. The molecular weight excluding hydrogens is 466 g/mol. The van der Waals surface area contributed by atoms with E-state index in [0.717, 1.165) is 30.6 Å². The first kappa shape index (κ1) is 23.2. The number of tetrazole rings is 1. The Labute approximate surface area is 205 Å². The second-order valence-electron chi connectivity index (χ2n) is 8.53. The maximum Gasteiger partial charge on any atom is 0.293 e. The number of nitrogen functional groups attached to an aromatic ring is 1. The number of carbonyl (C=O) groups excluding carboxylic acids is 1. The van der Waals surface area contributed by atoms with Gasteiger partial charge in [0.25, 0.3) is 5.91 Å². The van der Waals surface area contributed by atoms with Gasteiger partial charge in [-0.1, -0.05) is 23.8 Å². The molecule has 4 aromatic rings. The lowest BCUT2D eigenvalue weighted by Crippen LogP contribution is -2.38. The zero-order chi connectivity index (χ0) is 25.1. The molecule has 1 saturated heterocycles. The highest BCUT2D eigenvalue weighted by Crippen LogP contribution is 2.23. The number of carbonyl (C=O) groups is 1. The van der Waals surface area contributed by atoms with Crippen LogP contribution in [-0.4, -0.2) is 74.6 Å². The molecule has 1 aliphatic rings. The van der Waals surface area contributed by atoms with E-state index in [9.17, 15) is 4.79 Å². The first-order chi connectivity index (χ1) is 17.5. The van der Waals surface area contributed by atoms with E-state index in [-0.39, 0.29) is 17.3 Å². The van der Waals surface area contributed by atoms with Gasteiger partial charge >= 0.3 is 0 Å². The molecule has 1 amide bonds. The van der Waals surface area contributed by atoms with Crippen LogP contribution >= 0.6 is 0 Å². The van der Waals surface area contributed by atoms with Gasteiger partial charge in [-0.05, 0) is 71.7 Å². The molecule has 3 N–H and O–H groups in total. The van der Waals surface area contributed by atoms with Crippen molar-refractivity contribution in [2.75, 3.05) is 12.3 Å². The number of nitrogens with two attached hydrogens (primary N) is 1. The van der Waals surface area contributed by atoms with E-state index < -0.39 is 5.91 Å². The number of nitrogens with zero attached hydrogens (tertiary/aromatic N) is 11. The Hall–Kier alpha value is -4.53. The highest BCUT2D eigenvalue weighted by Gasteiger charge is 2.28. The third kappa shape index (κ3) is 4.68. The van der Waals surface area contributed by atoms with Gasteiger partial charge < -0.3 is 5.73 Å². The van der Waals surface area contributed by atoms with Gasteiger partial charge in [-0.25, -0.2) is 14.7 Å². The van der Waals surface area contributed by atoms with Crippen molar-refractivity contribution < 1.29 is 9.42 Å². The van der Waals surface area contributed by atoms with Crippen molar-refractivity contribution in [1.29, 1.82) is 0 Å². The summed E-state index contributed by atoms with van der Waals surface area (Å²) >= 11 is 0. The van der Waals surface area contributed by atoms with Crippen molar-refractivity contribution in [3.63, 3.8) is 0 Å². The molecule has 186 valence electrons. The van der Waals surface area contributed by atoms with Crippen LogP contribution < -0.4 is 11.2 Å². The van der Waals surface area contributed by atoms with Crippen molar-refractivity contribution in [3.05, 3.63) is 47.5 Å². The zero-order valence-corrected chi connectivity index (χ0v) is 19.8. The van der Waals surface area contributed by atoms with Crippen molar-refractivity contribution in [2.45, 2.75) is 45.7 Å². The molecule has 15 heteroatoms. The maximum absolute atomic E-state index is 13.2. The molecular formula is C21H25N13O2. The Morgan fingerprint density at radius 3 is 2.92 bits per heavy atom. The third-order valence-corrected chi connectivity index (χ3v) is 6.17. The van der Waals surface area contributed by atoms with Gasteiger partial charge in [0.1, 0.15) is 6.33 Å². The van der Waals surface area contributed by atoms with Crippen LogP contribution in [0.1, 0.15) is 54.9 Å². The third-order valence-electron chi connectivity index (χ3n) is 6.17. The summed E-state index contributed by atoms with van der Waals surface area (Å²) in [6.07, 6.45) is 4.82. The normalized spacial score (nSPS) is 16.8. The summed E-state index contributed by atoms with van der Waals surface area (Å²) in [5.41, 5.74) is 11.3. The minimum Gasteiger partial charge on any atom is -0.378 e. The first-order valence-corrected chi connectivity index (χ1v) is 11.5. The summed E-state index contributed by atoms with van der Waals surface area (Å²) in [4.78, 5) is 15.4. The fraction of sp³-hybridized carbons (Fsp3) is 0.381. The van der Waals surface area contributed by atoms with Gasteiger partial charge in [0.15, 0.2) is 5.69 Å². The predicted octanol–water partition coefficient (Wildman–Crippen LogP) is 0.737. The molecule has 5 rings (SSSR count). The number of amides is 1. The summed E-state index contributed by atoms with van der Waals surface area (Å²) in [5, 5.41) is 31.2. The molecule has 36 heavy (non-hydrogen) atoms. The maximum atomic E-state index is 13.2. The molecule has 4 heterocycles. The largest absolute Gasteiger partial charge is 0.378 e. The molecule has 1 aliphatic heterocycles. The first-order valence-electron chi connectivity index (χ1n) is 11.5. The Morgan fingerprint density at radius 1 is 1.28 bits per heavy atom. The lowest BCUT2D eigenvalue weighted by atomic mass is 10.0. The Balaban J connectivity index is 1.40. The van der Waals surface area contributed by atoms with Gasteiger partial charge in [-0.2, -0.15) is 9.78 Å². The molecule has 0 aliphatic carbocycles. The molecule has 1 unspecified atom stereocenters. The second kappa shape index (κ2) is 9.99. The van der Waals surface area contributed by atoms with Crippen LogP contribution in [0.3, 0.4) is 0 Å². The molecule has 0 radical (unpaired) electrons. The molecule has 1 atom stereocenters. The SMILES string of the molecule is CC(=NNC(=O)c1nnn(-c2nonc2N)c1CN1CCCCC1C)c1cccc(-n2cnnn2)c1. The summed E-state index contributed by atoms with van der Waals surface area (Å²) in [5.74, 6) is -0.275. The van der Waals surface area contributed by atoms with Gasteiger partial charge in [0.05, 0.1) is 17.1 Å². The average Bonchev–Trinajstić information content (AvgIpc) is 3.65. The summed E-state index contributed by atoms with van der Waals surface area (Å²) in [7, 11) is 0. The molecule has 15 nitrogen and oxygen atoms in total. The lowest BCUT2D eigenvalue weighted by Gasteiger charge is -2.33. The molecule has 0 saturated carbocycles. The zero-order valence-electron chi connectivity index (χ0n) is 19.8. The van der Waals surface area contributed by atoms with E-state index in [2.05, 4.69) is 58.5 Å². The van der Waals surface area contributed by atoms with E-state index in [0.29, 0.717) is 24.0 Å². The monoisotopic (exact) mass is 491 g/mol. The number of hydrogen-bond acceptors (Lipinski definition) is 12. The molecule has 1 fully saturated rings. The Bertz CT molecular complexity index is 1370. The quantitative estimate of drug-likeness (QED) is 0.274. The number of nitrogens with one attached hydrogen (secondary N) is 1. The van der Waals surface area contributed by atoms with Gasteiger partial charge in [-0.15, -0.1) is 10.2 Å².